The van der Waals surface area contributed by atoms with Crippen molar-refractivity contribution in [2.75, 3.05) is 6.54 Å². The molecule has 30 heavy (non-hydrogen) atoms. The molecule has 8 N–H and O–H groups in total. The number of fused-ring (bicyclic) bond motifs is 1. The molecule has 7 heteroatoms. The van der Waals surface area contributed by atoms with Gasteiger partial charge in [-0.2, -0.15) is 0 Å². The van der Waals surface area contributed by atoms with Crippen molar-refractivity contribution < 1.29 is 4.79 Å². The zero-order chi connectivity index (χ0) is 21.3. The number of likely N-dealkylation sites (tertiary alicyclic amines) is 1. The number of nitrogens with two attached hydrogens (primary N) is 3. The fourth-order valence-corrected chi connectivity index (χ4v) is 6.70. The van der Waals surface area contributed by atoms with Crippen molar-refractivity contribution in [3.8, 4) is 0 Å². The maximum absolute atomic E-state index is 13.4. The lowest BCUT2D eigenvalue weighted by atomic mass is 9.77. The van der Waals surface area contributed by atoms with Gasteiger partial charge in [0.05, 0.1) is 11.9 Å². The van der Waals surface area contributed by atoms with Crippen molar-refractivity contribution in [3.63, 3.8) is 0 Å². The third-order valence-corrected chi connectivity index (χ3v) is 8.46. The lowest BCUT2D eigenvalue weighted by Gasteiger charge is -2.40. The number of amidine groups is 1. The van der Waals surface area contributed by atoms with Crippen molar-refractivity contribution in [1.82, 2.24) is 10.2 Å². The van der Waals surface area contributed by atoms with E-state index in [2.05, 4.69) is 10.2 Å². The minimum atomic E-state index is -0.0422. The van der Waals surface area contributed by atoms with Gasteiger partial charge in [0.2, 0.25) is 5.91 Å². The SMILES string of the molecule is N=C(N)C1CCC2CC(C(=O)NC3CCC(N)CC3)N(CC3CCCC(N)C3)C2C1. The molecule has 7 nitrogen and oxygen atoms in total. The van der Waals surface area contributed by atoms with Crippen molar-refractivity contribution >= 4 is 11.7 Å². The molecule has 4 fully saturated rings. The first-order valence-electron chi connectivity index (χ1n) is 12.3. The van der Waals surface area contributed by atoms with Gasteiger partial charge >= 0.3 is 0 Å². The van der Waals surface area contributed by atoms with E-state index in [9.17, 15) is 4.79 Å². The molecule has 1 saturated heterocycles. The van der Waals surface area contributed by atoms with E-state index in [1.807, 2.05) is 0 Å². The summed E-state index contributed by atoms with van der Waals surface area (Å²) in [6.45, 7) is 0.965. The number of carbonyl (C=O) groups excluding carboxylic acids is 1. The van der Waals surface area contributed by atoms with Gasteiger partial charge in [0.15, 0.2) is 0 Å². The summed E-state index contributed by atoms with van der Waals surface area (Å²) in [5, 5.41) is 11.3. The highest BCUT2D eigenvalue weighted by Gasteiger charge is 2.48. The lowest BCUT2D eigenvalue weighted by Crippen LogP contribution is -2.52. The molecular weight excluding hydrogens is 376 g/mol. The topological polar surface area (TPSA) is 134 Å². The number of rotatable bonds is 5. The quantitative estimate of drug-likeness (QED) is 0.342. The second kappa shape index (κ2) is 9.53. The molecule has 1 heterocycles. The minimum absolute atomic E-state index is 0.0422. The van der Waals surface area contributed by atoms with Gasteiger partial charge in [0.25, 0.3) is 0 Å². The molecule has 3 saturated carbocycles. The first kappa shape index (κ1) is 22.0. The Kier molecular flexibility index (Phi) is 7.00. The van der Waals surface area contributed by atoms with E-state index in [0.29, 0.717) is 35.8 Å². The standard InChI is InChI=1S/C23H42N6O/c24-17-6-8-19(9-7-17)28-23(30)21-11-15-4-5-16(22(26)27)12-20(15)29(21)13-14-2-1-3-18(25)10-14/h14-21H,1-13,24-25H2,(H3,26,27)(H,28,30). The highest BCUT2D eigenvalue weighted by Crippen LogP contribution is 2.43. The number of nitrogens with zero attached hydrogens (tertiary/aromatic N) is 1. The molecule has 0 aromatic rings. The van der Waals surface area contributed by atoms with Crippen LogP contribution in [0.4, 0.5) is 0 Å². The van der Waals surface area contributed by atoms with E-state index in [-0.39, 0.29) is 23.9 Å². The van der Waals surface area contributed by atoms with Crippen LogP contribution in [0.5, 0.6) is 0 Å². The van der Waals surface area contributed by atoms with Crippen LogP contribution in [0.1, 0.15) is 77.0 Å². The fourth-order valence-electron chi connectivity index (χ4n) is 6.70. The predicted molar refractivity (Wildman–Crippen MR) is 120 cm³/mol. The Balaban J connectivity index is 1.45. The van der Waals surface area contributed by atoms with E-state index in [0.717, 1.165) is 70.8 Å². The number of carbonyl (C=O) groups is 1. The normalized spacial score (nSPS) is 42.5. The van der Waals surface area contributed by atoms with Gasteiger partial charge in [0, 0.05) is 36.6 Å². The second-order valence-electron chi connectivity index (χ2n) is 10.7. The third kappa shape index (κ3) is 5.00. The van der Waals surface area contributed by atoms with Crippen molar-refractivity contribution in [2.45, 2.75) is 107 Å². The van der Waals surface area contributed by atoms with Gasteiger partial charge < -0.3 is 22.5 Å². The van der Waals surface area contributed by atoms with Gasteiger partial charge in [0.1, 0.15) is 0 Å². The molecule has 3 aliphatic carbocycles. The average molecular weight is 419 g/mol. The Bertz CT molecular complexity index is 619. The van der Waals surface area contributed by atoms with Crippen LogP contribution < -0.4 is 22.5 Å². The summed E-state index contributed by atoms with van der Waals surface area (Å²) in [5.74, 6) is 1.83. The Hall–Kier alpha value is -1.18. The first-order chi connectivity index (χ1) is 14.4. The molecule has 0 radical (unpaired) electrons. The second-order valence-corrected chi connectivity index (χ2v) is 10.7. The van der Waals surface area contributed by atoms with Crippen LogP contribution in [-0.4, -0.2) is 53.4 Å². The van der Waals surface area contributed by atoms with Crippen LogP contribution in [0.3, 0.4) is 0 Å². The summed E-state index contributed by atoms with van der Waals surface area (Å²) in [6, 6.07) is 1.20. The lowest BCUT2D eigenvalue weighted by molar-refractivity contribution is -0.127. The zero-order valence-corrected chi connectivity index (χ0v) is 18.4. The Morgan fingerprint density at radius 1 is 0.933 bits per heavy atom. The maximum atomic E-state index is 13.4. The molecule has 4 rings (SSSR count). The van der Waals surface area contributed by atoms with Crippen LogP contribution in [-0.2, 0) is 4.79 Å². The molecule has 170 valence electrons. The summed E-state index contributed by atoms with van der Waals surface area (Å²) < 4.78 is 0. The first-order valence-corrected chi connectivity index (χ1v) is 12.3. The van der Waals surface area contributed by atoms with Crippen LogP contribution in [0.25, 0.3) is 0 Å². The molecule has 4 aliphatic rings. The summed E-state index contributed by atoms with van der Waals surface area (Å²) in [5.41, 5.74) is 18.2. The van der Waals surface area contributed by atoms with E-state index >= 15 is 0 Å². The summed E-state index contributed by atoms with van der Waals surface area (Å²) in [4.78, 5) is 15.9. The predicted octanol–water partition coefficient (Wildman–Crippen LogP) is 1.69. The number of amides is 1. The molecule has 1 amide bonds. The summed E-state index contributed by atoms with van der Waals surface area (Å²) >= 11 is 0. The van der Waals surface area contributed by atoms with Gasteiger partial charge in [-0.15, -0.1) is 0 Å². The molecule has 0 spiro atoms. The molecule has 6 atom stereocenters. The highest BCUT2D eigenvalue weighted by atomic mass is 16.2. The Labute approximate surface area is 181 Å². The monoisotopic (exact) mass is 418 g/mol. The molecule has 6 unspecified atom stereocenters. The molecular formula is C23H42N6O. The van der Waals surface area contributed by atoms with E-state index in [1.54, 1.807) is 0 Å². The van der Waals surface area contributed by atoms with E-state index in [1.165, 1.54) is 12.8 Å². The minimum Gasteiger partial charge on any atom is -0.387 e. The Morgan fingerprint density at radius 2 is 1.70 bits per heavy atom. The van der Waals surface area contributed by atoms with Gasteiger partial charge in [-0.25, -0.2) is 0 Å². The van der Waals surface area contributed by atoms with Crippen molar-refractivity contribution in [1.29, 1.82) is 5.41 Å². The zero-order valence-electron chi connectivity index (χ0n) is 18.4. The van der Waals surface area contributed by atoms with E-state index in [4.69, 9.17) is 22.6 Å². The van der Waals surface area contributed by atoms with E-state index < -0.39 is 0 Å². The largest absolute Gasteiger partial charge is 0.387 e. The van der Waals surface area contributed by atoms with Gasteiger partial charge in [-0.1, -0.05) is 6.42 Å². The third-order valence-electron chi connectivity index (χ3n) is 8.46. The Morgan fingerprint density at radius 3 is 2.40 bits per heavy atom. The van der Waals surface area contributed by atoms with Crippen LogP contribution in [0.15, 0.2) is 0 Å². The summed E-state index contributed by atoms with van der Waals surface area (Å²) in [7, 11) is 0. The highest BCUT2D eigenvalue weighted by molar-refractivity contribution is 5.83. The van der Waals surface area contributed by atoms with Crippen molar-refractivity contribution in [3.05, 3.63) is 0 Å². The van der Waals surface area contributed by atoms with Crippen LogP contribution in [0.2, 0.25) is 0 Å². The number of hydrogen-bond acceptors (Lipinski definition) is 5. The fraction of sp³-hybridized carbons (Fsp3) is 0.913. The molecule has 0 aromatic heterocycles. The van der Waals surface area contributed by atoms with Gasteiger partial charge in [-0.3, -0.25) is 15.1 Å². The smallest absolute Gasteiger partial charge is 0.237 e. The van der Waals surface area contributed by atoms with Crippen LogP contribution >= 0.6 is 0 Å². The average Bonchev–Trinajstić information content (AvgIpc) is 3.07. The number of nitrogens with one attached hydrogen (secondary N) is 2. The molecule has 1 aliphatic heterocycles. The van der Waals surface area contributed by atoms with Crippen molar-refractivity contribution in [2.24, 2.45) is 35.0 Å². The summed E-state index contributed by atoms with van der Waals surface area (Å²) in [6.07, 6.45) is 12.6. The number of hydrogen-bond donors (Lipinski definition) is 5. The van der Waals surface area contributed by atoms with Gasteiger partial charge in [-0.05, 0) is 82.5 Å². The molecule has 0 aromatic carbocycles. The van der Waals surface area contributed by atoms with Crippen LogP contribution in [0, 0.1) is 23.2 Å². The maximum Gasteiger partial charge on any atom is 0.237 e. The molecule has 0 bridgehead atoms.